The van der Waals surface area contributed by atoms with Crippen LogP contribution in [0.1, 0.15) is 17.3 Å². The highest BCUT2D eigenvalue weighted by Crippen LogP contribution is 2.17. The van der Waals surface area contributed by atoms with Crippen molar-refractivity contribution in [1.29, 1.82) is 0 Å². The highest BCUT2D eigenvalue weighted by Gasteiger charge is 2.08. The predicted octanol–water partition coefficient (Wildman–Crippen LogP) is 3.69. The van der Waals surface area contributed by atoms with Crippen molar-refractivity contribution < 1.29 is 9.59 Å². The molecule has 3 rings (SSSR count). The van der Waals surface area contributed by atoms with Crippen molar-refractivity contribution in [3.05, 3.63) is 78.6 Å². The topological polar surface area (TPSA) is 63.1 Å². The van der Waals surface area contributed by atoms with Crippen LogP contribution in [-0.4, -0.2) is 16.4 Å². The summed E-state index contributed by atoms with van der Waals surface area (Å²) in [6, 6.07) is 18.3. The van der Waals surface area contributed by atoms with Crippen molar-refractivity contribution in [3.8, 4) is 5.69 Å². The SMILES string of the molecule is CC(=O)Nc1cccc(C(=O)Nc2cccc(-n3cccc3)c2)c1. The first kappa shape index (κ1) is 15.6. The molecule has 5 nitrogen and oxygen atoms in total. The van der Waals surface area contributed by atoms with E-state index in [9.17, 15) is 9.59 Å². The molecule has 2 aromatic carbocycles. The second kappa shape index (κ2) is 6.83. The molecule has 0 atom stereocenters. The molecule has 0 bridgehead atoms. The Morgan fingerprint density at radius 2 is 1.50 bits per heavy atom. The number of carbonyl (C=O) groups is 2. The van der Waals surface area contributed by atoms with Gasteiger partial charge >= 0.3 is 0 Å². The van der Waals surface area contributed by atoms with Gasteiger partial charge < -0.3 is 15.2 Å². The zero-order valence-electron chi connectivity index (χ0n) is 13.2. The minimum absolute atomic E-state index is 0.174. The Kier molecular flexibility index (Phi) is 4.43. The Balaban J connectivity index is 1.78. The fourth-order valence-electron chi connectivity index (χ4n) is 2.40. The van der Waals surface area contributed by atoms with Gasteiger partial charge in [0, 0.05) is 41.9 Å². The van der Waals surface area contributed by atoms with E-state index in [1.165, 1.54) is 6.92 Å². The Hall–Kier alpha value is -3.34. The van der Waals surface area contributed by atoms with E-state index in [0.717, 1.165) is 5.69 Å². The molecular weight excluding hydrogens is 302 g/mol. The maximum absolute atomic E-state index is 12.4. The lowest BCUT2D eigenvalue weighted by Gasteiger charge is -2.09. The van der Waals surface area contributed by atoms with Crippen molar-refractivity contribution in [1.82, 2.24) is 4.57 Å². The Labute approximate surface area is 139 Å². The molecule has 120 valence electrons. The molecule has 0 saturated carbocycles. The molecule has 0 aliphatic carbocycles. The van der Waals surface area contributed by atoms with Gasteiger partial charge in [0.1, 0.15) is 0 Å². The predicted molar refractivity (Wildman–Crippen MR) is 94.5 cm³/mol. The number of amides is 2. The number of rotatable bonds is 4. The summed E-state index contributed by atoms with van der Waals surface area (Å²) >= 11 is 0. The summed E-state index contributed by atoms with van der Waals surface area (Å²) in [5, 5.41) is 5.55. The summed E-state index contributed by atoms with van der Waals surface area (Å²) in [6.07, 6.45) is 3.88. The second-order valence-electron chi connectivity index (χ2n) is 5.36. The fraction of sp³-hybridized carbons (Fsp3) is 0.0526. The van der Waals surface area contributed by atoms with Gasteiger partial charge in [-0.1, -0.05) is 12.1 Å². The molecule has 3 aromatic rings. The van der Waals surface area contributed by atoms with Gasteiger partial charge in [0.15, 0.2) is 0 Å². The van der Waals surface area contributed by atoms with Crippen molar-refractivity contribution in [3.63, 3.8) is 0 Å². The van der Waals surface area contributed by atoms with E-state index in [1.807, 2.05) is 53.4 Å². The van der Waals surface area contributed by atoms with Gasteiger partial charge in [0.25, 0.3) is 5.91 Å². The zero-order chi connectivity index (χ0) is 16.9. The third kappa shape index (κ3) is 3.70. The van der Waals surface area contributed by atoms with Crippen LogP contribution in [0.2, 0.25) is 0 Å². The minimum atomic E-state index is -0.230. The molecule has 0 unspecified atom stereocenters. The molecule has 2 N–H and O–H groups in total. The summed E-state index contributed by atoms with van der Waals surface area (Å²) in [5.74, 6) is -0.404. The second-order valence-corrected chi connectivity index (χ2v) is 5.36. The third-order valence-corrected chi connectivity index (χ3v) is 3.45. The number of anilines is 2. The fourth-order valence-corrected chi connectivity index (χ4v) is 2.40. The summed E-state index contributed by atoms with van der Waals surface area (Å²) in [5.41, 5.74) is 2.74. The van der Waals surface area contributed by atoms with E-state index in [2.05, 4.69) is 10.6 Å². The number of carbonyl (C=O) groups excluding carboxylic acids is 2. The molecule has 2 amide bonds. The van der Waals surface area contributed by atoms with Crippen molar-refractivity contribution in [2.45, 2.75) is 6.92 Å². The summed E-state index contributed by atoms with van der Waals surface area (Å²) < 4.78 is 1.97. The first-order valence-corrected chi connectivity index (χ1v) is 7.54. The molecule has 1 aromatic heterocycles. The van der Waals surface area contributed by atoms with Crippen LogP contribution in [0.15, 0.2) is 73.1 Å². The van der Waals surface area contributed by atoms with Crippen LogP contribution in [0.3, 0.4) is 0 Å². The third-order valence-electron chi connectivity index (χ3n) is 3.45. The highest BCUT2D eigenvalue weighted by atomic mass is 16.2. The van der Waals surface area contributed by atoms with Crippen molar-refractivity contribution >= 4 is 23.2 Å². The quantitative estimate of drug-likeness (QED) is 0.770. The average Bonchev–Trinajstić information content (AvgIpc) is 3.09. The van der Waals surface area contributed by atoms with Crippen LogP contribution < -0.4 is 10.6 Å². The van der Waals surface area contributed by atoms with Gasteiger partial charge in [-0.3, -0.25) is 9.59 Å². The normalized spacial score (nSPS) is 10.2. The molecule has 5 heteroatoms. The van der Waals surface area contributed by atoms with E-state index in [0.29, 0.717) is 16.9 Å². The number of hydrogen-bond donors (Lipinski definition) is 2. The van der Waals surface area contributed by atoms with Gasteiger partial charge in [-0.2, -0.15) is 0 Å². The zero-order valence-corrected chi connectivity index (χ0v) is 13.2. The Bertz CT molecular complexity index is 870. The molecule has 0 aliphatic rings. The number of aromatic nitrogens is 1. The van der Waals surface area contributed by atoms with Gasteiger partial charge in [0.05, 0.1) is 0 Å². The maximum Gasteiger partial charge on any atom is 0.255 e. The summed E-state index contributed by atoms with van der Waals surface area (Å²) in [6.45, 7) is 1.43. The van der Waals surface area contributed by atoms with Crippen LogP contribution in [-0.2, 0) is 4.79 Å². The van der Waals surface area contributed by atoms with E-state index < -0.39 is 0 Å². The molecule has 24 heavy (non-hydrogen) atoms. The van der Waals surface area contributed by atoms with Crippen LogP contribution in [0, 0.1) is 0 Å². The molecule has 0 radical (unpaired) electrons. The first-order valence-electron chi connectivity index (χ1n) is 7.54. The van der Waals surface area contributed by atoms with Crippen LogP contribution in [0.25, 0.3) is 5.69 Å². The van der Waals surface area contributed by atoms with Crippen molar-refractivity contribution in [2.75, 3.05) is 10.6 Å². The van der Waals surface area contributed by atoms with Crippen molar-refractivity contribution in [2.24, 2.45) is 0 Å². The van der Waals surface area contributed by atoms with Crippen LogP contribution >= 0.6 is 0 Å². The maximum atomic E-state index is 12.4. The van der Waals surface area contributed by atoms with Gasteiger partial charge in [-0.05, 0) is 48.5 Å². The highest BCUT2D eigenvalue weighted by molar-refractivity contribution is 6.05. The smallest absolute Gasteiger partial charge is 0.255 e. The van der Waals surface area contributed by atoms with Crippen LogP contribution in [0.4, 0.5) is 11.4 Å². The summed E-state index contributed by atoms with van der Waals surface area (Å²) in [7, 11) is 0. The van der Waals surface area contributed by atoms with E-state index >= 15 is 0 Å². The molecule has 0 spiro atoms. The largest absolute Gasteiger partial charge is 0.326 e. The number of nitrogens with one attached hydrogen (secondary N) is 2. The number of hydrogen-bond acceptors (Lipinski definition) is 2. The average molecular weight is 319 g/mol. The lowest BCUT2D eigenvalue weighted by molar-refractivity contribution is -0.114. The monoisotopic (exact) mass is 319 g/mol. The van der Waals surface area contributed by atoms with Gasteiger partial charge in [-0.25, -0.2) is 0 Å². The standard InChI is InChI=1S/C19H17N3O2/c1-14(23)20-16-7-4-6-15(12-16)19(24)21-17-8-5-9-18(13-17)22-10-2-3-11-22/h2-13H,1H3,(H,20,23)(H,21,24). The summed E-state index contributed by atoms with van der Waals surface area (Å²) in [4.78, 5) is 23.5. The van der Waals surface area contributed by atoms with E-state index in [1.54, 1.807) is 24.3 Å². The molecular formula is C19H17N3O2. The molecule has 1 heterocycles. The Morgan fingerprint density at radius 3 is 2.21 bits per heavy atom. The van der Waals surface area contributed by atoms with Crippen LogP contribution in [0.5, 0.6) is 0 Å². The van der Waals surface area contributed by atoms with E-state index in [4.69, 9.17) is 0 Å². The molecule has 0 aliphatic heterocycles. The lowest BCUT2D eigenvalue weighted by atomic mass is 10.1. The first-order chi connectivity index (χ1) is 11.6. The molecule has 0 fully saturated rings. The van der Waals surface area contributed by atoms with Gasteiger partial charge in [0.2, 0.25) is 5.91 Å². The Morgan fingerprint density at radius 1 is 0.833 bits per heavy atom. The minimum Gasteiger partial charge on any atom is -0.326 e. The van der Waals surface area contributed by atoms with Gasteiger partial charge in [-0.15, -0.1) is 0 Å². The lowest BCUT2D eigenvalue weighted by Crippen LogP contribution is -2.13. The number of nitrogens with zero attached hydrogens (tertiary/aromatic N) is 1. The van der Waals surface area contributed by atoms with E-state index in [-0.39, 0.29) is 11.8 Å². The molecule has 0 saturated heterocycles. The number of benzene rings is 2.